The predicted molar refractivity (Wildman–Crippen MR) is 83.5 cm³/mol. The van der Waals surface area contributed by atoms with E-state index in [0.29, 0.717) is 22.6 Å². The zero-order chi connectivity index (χ0) is 14.7. The van der Waals surface area contributed by atoms with Gasteiger partial charge in [0.25, 0.3) is 0 Å². The molecule has 20 heavy (non-hydrogen) atoms. The topological polar surface area (TPSA) is 56.3 Å². The number of nitrogens with zero attached hydrogens (tertiary/aromatic N) is 3. The van der Waals surface area contributed by atoms with E-state index >= 15 is 0 Å². The molecule has 2 aromatic rings. The minimum atomic E-state index is 0.471. The Morgan fingerprint density at radius 2 is 2.00 bits per heavy atom. The second-order valence-corrected chi connectivity index (χ2v) is 5.49. The van der Waals surface area contributed by atoms with Crippen LogP contribution in [0.4, 0.5) is 5.95 Å². The maximum absolute atomic E-state index is 6.06. The first kappa shape index (κ1) is 15.4. The summed E-state index contributed by atoms with van der Waals surface area (Å²) in [5.74, 6) is 0.471. The molecule has 0 fully saturated rings. The number of nitrogens with two attached hydrogens (primary N) is 1. The van der Waals surface area contributed by atoms with Gasteiger partial charge in [0.05, 0.1) is 27.7 Å². The molecule has 0 saturated heterocycles. The van der Waals surface area contributed by atoms with Crippen LogP contribution in [-0.2, 0) is 11.3 Å². The maximum Gasteiger partial charge on any atom is 0.201 e. The maximum atomic E-state index is 6.06. The second kappa shape index (κ2) is 6.63. The first-order valence-electron chi connectivity index (χ1n) is 6.31. The molecule has 0 aliphatic heterocycles. The standard InChI is InChI=1S/C13H18Cl2N4O/c1-18(5-6-20-2)3-4-19-12-8-10(15)9(14)7-11(12)17-13(19)16/h7-8H,3-6H2,1-2H3,(H2,16,17). The van der Waals surface area contributed by atoms with Gasteiger partial charge in [0.2, 0.25) is 5.95 Å². The zero-order valence-electron chi connectivity index (χ0n) is 11.6. The van der Waals surface area contributed by atoms with Gasteiger partial charge in [0.1, 0.15) is 0 Å². The minimum Gasteiger partial charge on any atom is -0.383 e. The number of rotatable bonds is 6. The Kier molecular flexibility index (Phi) is 5.10. The highest BCUT2D eigenvalue weighted by atomic mass is 35.5. The van der Waals surface area contributed by atoms with E-state index < -0.39 is 0 Å². The highest BCUT2D eigenvalue weighted by molar-refractivity contribution is 6.42. The number of benzene rings is 1. The third kappa shape index (κ3) is 3.35. The van der Waals surface area contributed by atoms with Crippen molar-refractivity contribution in [1.82, 2.24) is 14.5 Å². The smallest absolute Gasteiger partial charge is 0.201 e. The van der Waals surface area contributed by atoms with Gasteiger partial charge in [-0.1, -0.05) is 23.2 Å². The van der Waals surface area contributed by atoms with Gasteiger partial charge in [-0.15, -0.1) is 0 Å². The number of nitrogen functional groups attached to an aromatic ring is 1. The number of halogens is 2. The molecule has 0 aliphatic rings. The van der Waals surface area contributed by atoms with Crippen LogP contribution < -0.4 is 5.73 Å². The summed E-state index contributed by atoms with van der Waals surface area (Å²) in [5, 5.41) is 0.995. The van der Waals surface area contributed by atoms with Crippen LogP contribution in [-0.4, -0.2) is 48.3 Å². The van der Waals surface area contributed by atoms with Gasteiger partial charge in [-0.05, 0) is 19.2 Å². The van der Waals surface area contributed by atoms with E-state index in [1.165, 1.54) is 0 Å². The molecular weight excluding hydrogens is 299 g/mol. The van der Waals surface area contributed by atoms with Crippen molar-refractivity contribution in [3.8, 4) is 0 Å². The van der Waals surface area contributed by atoms with Gasteiger partial charge in [0.15, 0.2) is 0 Å². The summed E-state index contributed by atoms with van der Waals surface area (Å²) in [7, 11) is 3.74. The fourth-order valence-electron chi connectivity index (χ4n) is 2.00. The first-order valence-corrected chi connectivity index (χ1v) is 7.06. The van der Waals surface area contributed by atoms with Crippen molar-refractivity contribution in [3.05, 3.63) is 22.2 Å². The molecule has 0 bridgehead atoms. The fourth-order valence-corrected chi connectivity index (χ4v) is 2.32. The molecule has 2 N–H and O–H groups in total. The van der Waals surface area contributed by atoms with E-state index in [1.807, 2.05) is 11.6 Å². The summed E-state index contributed by atoms with van der Waals surface area (Å²) in [6.45, 7) is 3.16. The van der Waals surface area contributed by atoms with Crippen LogP contribution in [0.1, 0.15) is 0 Å². The van der Waals surface area contributed by atoms with Crippen molar-refractivity contribution in [1.29, 1.82) is 0 Å². The van der Waals surface area contributed by atoms with E-state index in [-0.39, 0.29) is 0 Å². The van der Waals surface area contributed by atoms with E-state index in [0.717, 1.165) is 30.7 Å². The van der Waals surface area contributed by atoms with Crippen molar-refractivity contribution in [2.45, 2.75) is 6.54 Å². The van der Waals surface area contributed by atoms with Crippen LogP contribution in [0.25, 0.3) is 11.0 Å². The Labute approximate surface area is 128 Å². The van der Waals surface area contributed by atoms with E-state index in [1.54, 1.807) is 19.2 Å². The lowest BCUT2D eigenvalue weighted by atomic mass is 10.3. The van der Waals surface area contributed by atoms with Crippen LogP contribution >= 0.6 is 23.2 Å². The zero-order valence-corrected chi connectivity index (χ0v) is 13.1. The lowest BCUT2D eigenvalue weighted by Crippen LogP contribution is -2.27. The molecule has 110 valence electrons. The van der Waals surface area contributed by atoms with E-state index in [2.05, 4.69) is 9.88 Å². The first-order chi connectivity index (χ1) is 9.52. The highest BCUT2D eigenvalue weighted by Crippen LogP contribution is 2.28. The van der Waals surface area contributed by atoms with Crippen molar-refractivity contribution < 1.29 is 4.74 Å². The summed E-state index contributed by atoms with van der Waals surface area (Å²) in [6, 6.07) is 3.54. The predicted octanol–water partition coefficient (Wildman–Crippen LogP) is 2.50. The van der Waals surface area contributed by atoms with Crippen molar-refractivity contribution in [2.24, 2.45) is 0 Å². The Hall–Kier alpha value is -1.01. The van der Waals surface area contributed by atoms with Gasteiger partial charge in [-0.25, -0.2) is 4.98 Å². The average molecular weight is 317 g/mol. The fraction of sp³-hybridized carbons (Fsp3) is 0.462. The Bertz CT molecular complexity index is 600. The van der Waals surface area contributed by atoms with Gasteiger partial charge >= 0.3 is 0 Å². The molecule has 2 rings (SSSR count). The summed E-state index contributed by atoms with van der Waals surface area (Å²) in [4.78, 5) is 6.48. The quantitative estimate of drug-likeness (QED) is 0.889. The SMILES string of the molecule is COCCN(C)CCn1c(N)nc2cc(Cl)c(Cl)cc21. The molecule has 0 saturated carbocycles. The number of methoxy groups -OCH3 is 1. The third-order valence-corrected chi connectivity index (χ3v) is 3.92. The lowest BCUT2D eigenvalue weighted by Gasteiger charge is -2.17. The summed E-state index contributed by atoms with van der Waals surface area (Å²) in [6.07, 6.45) is 0. The number of aromatic nitrogens is 2. The van der Waals surface area contributed by atoms with Crippen LogP contribution in [0.5, 0.6) is 0 Å². The summed E-state index contributed by atoms with van der Waals surface area (Å²) < 4.78 is 7.00. The van der Waals surface area contributed by atoms with Gasteiger partial charge in [0, 0.05) is 26.7 Å². The number of fused-ring (bicyclic) bond motifs is 1. The van der Waals surface area contributed by atoms with Crippen molar-refractivity contribution in [3.63, 3.8) is 0 Å². The Morgan fingerprint density at radius 1 is 1.30 bits per heavy atom. The normalized spacial score (nSPS) is 11.7. The highest BCUT2D eigenvalue weighted by Gasteiger charge is 2.11. The molecular formula is C13H18Cl2N4O. The lowest BCUT2D eigenvalue weighted by molar-refractivity contribution is 0.159. The molecule has 0 atom stereocenters. The molecule has 0 unspecified atom stereocenters. The Morgan fingerprint density at radius 3 is 2.70 bits per heavy atom. The molecule has 0 amide bonds. The molecule has 1 heterocycles. The summed E-state index contributed by atoms with van der Waals surface area (Å²) >= 11 is 12.0. The van der Waals surface area contributed by atoms with Crippen molar-refractivity contribution in [2.75, 3.05) is 39.6 Å². The van der Waals surface area contributed by atoms with Gasteiger partial charge in [-0.3, -0.25) is 0 Å². The number of hydrogen-bond acceptors (Lipinski definition) is 4. The van der Waals surface area contributed by atoms with Crippen molar-refractivity contribution >= 4 is 40.2 Å². The molecule has 5 nitrogen and oxygen atoms in total. The van der Waals surface area contributed by atoms with Crippen LogP contribution in [0, 0.1) is 0 Å². The van der Waals surface area contributed by atoms with Crippen LogP contribution in [0.2, 0.25) is 10.0 Å². The number of hydrogen-bond donors (Lipinski definition) is 1. The molecule has 1 aromatic carbocycles. The number of likely N-dealkylation sites (N-methyl/N-ethyl adjacent to an activating group) is 1. The van der Waals surface area contributed by atoms with Gasteiger partial charge < -0.3 is 19.9 Å². The van der Waals surface area contributed by atoms with E-state index in [9.17, 15) is 0 Å². The minimum absolute atomic E-state index is 0.471. The number of imidazole rings is 1. The molecule has 1 aromatic heterocycles. The molecule has 0 aliphatic carbocycles. The Balaban J connectivity index is 2.17. The third-order valence-electron chi connectivity index (χ3n) is 3.20. The monoisotopic (exact) mass is 316 g/mol. The van der Waals surface area contributed by atoms with E-state index in [4.69, 9.17) is 33.7 Å². The van der Waals surface area contributed by atoms with Crippen LogP contribution in [0.3, 0.4) is 0 Å². The average Bonchev–Trinajstić information content (AvgIpc) is 2.70. The van der Waals surface area contributed by atoms with Gasteiger partial charge in [-0.2, -0.15) is 0 Å². The summed E-state index contributed by atoms with van der Waals surface area (Å²) in [5.41, 5.74) is 7.62. The largest absolute Gasteiger partial charge is 0.383 e. The number of anilines is 1. The second-order valence-electron chi connectivity index (χ2n) is 4.67. The number of ether oxygens (including phenoxy) is 1. The molecule has 7 heteroatoms. The van der Waals surface area contributed by atoms with Crippen LogP contribution in [0.15, 0.2) is 12.1 Å². The molecule has 0 spiro atoms. The molecule has 0 radical (unpaired) electrons.